The summed E-state index contributed by atoms with van der Waals surface area (Å²) < 4.78 is 21.3. The molecule has 33 heavy (non-hydrogen) atoms. The highest BCUT2D eigenvalue weighted by atomic mass is 35.5. The van der Waals surface area contributed by atoms with Crippen molar-refractivity contribution in [1.29, 1.82) is 0 Å². The van der Waals surface area contributed by atoms with Crippen LogP contribution in [-0.2, 0) is 17.7 Å². The van der Waals surface area contributed by atoms with Gasteiger partial charge in [0.1, 0.15) is 5.82 Å². The number of hydrogen-bond donors (Lipinski definition) is 1. The Morgan fingerprint density at radius 1 is 1.27 bits per heavy atom. The van der Waals surface area contributed by atoms with Crippen LogP contribution in [0, 0.1) is 5.82 Å². The molecule has 1 saturated heterocycles. The minimum absolute atomic E-state index is 0.0185. The number of anilines is 1. The van der Waals surface area contributed by atoms with Crippen molar-refractivity contribution in [3.63, 3.8) is 0 Å². The third kappa shape index (κ3) is 4.31. The number of aliphatic hydroxyl groups excluding tert-OH is 1. The fourth-order valence-corrected chi connectivity index (χ4v) is 4.55. The minimum atomic E-state index is -0.507. The predicted molar refractivity (Wildman–Crippen MR) is 125 cm³/mol. The molecule has 1 aliphatic heterocycles. The lowest BCUT2D eigenvalue weighted by Crippen LogP contribution is -2.44. The van der Waals surface area contributed by atoms with Crippen molar-refractivity contribution in [2.75, 3.05) is 31.2 Å². The van der Waals surface area contributed by atoms with E-state index in [1.54, 1.807) is 24.4 Å². The molecule has 1 aromatic carbocycles. The first kappa shape index (κ1) is 21.8. The number of allylic oxidation sites excluding steroid dienone is 1. The summed E-state index contributed by atoms with van der Waals surface area (Å²) in [6.07, 6.45) is 6.10. The van der Waals surface area contributed by atoms with Crippen molar-refractivity contribution < 1.29 is 14.2 Å². The van der Waals surface area contributed by atoms with Crippen LogP contribution in [0.5, 0.6) is 0 Å². The van der Waals surface area contributed by atoms with Crippen LogP contribution in [0.15, 0.2) is 59.7 Å². The average Bonchev–Trinajstić information content (AvgIpc) is 3.26. The lowest BCUT2D eigenvalue weighted by Gasteiger charge is -2.33. The monoisotopic (exact) mass is 467 g/mol. The van der Waals surface area contributed by atoms with Crippen molar-refractivity contribution >= 4 is 22.9 Å². The highest BCUT2D eigenvalue weighted by molar-refractivity contribution is 6.30. The summed E-state index contributed by atoms with van der Waals surface area (Å²) in [6.45, 7) is 1.97. The molecule has 5 rings (SSSR count). The second-order valence-electron chi connectivity index (χ2n) is 8.23. The molecule has 3 aromatic rings. The van der Waals surface area contributed by atoms with E-state index in [9.17, 15) is 14.3 Å². The minimum Gasteiger partial charge on any atom is -0.394 e. The van der Waals surface area contributed by atoms with E-state index in [2.05, 4.69) is 22.0 Å². The van der Waals surface area contributed by atoms with E-state index in [1.807, 2.05) is 12.3 Å². The van der Waals surface area contributed by atoms with Gasteiger partial charge in [-0.15, -0.1) is 0 Å². The quantitative estimate of drug-likeness (QED) is 0.624. The lowest BCUT2D eigenvalue weighted by atomic mass is 10.0. The third-order valence-electron chi connectivity index (χ3n) is 6.13. The first-order valence-corrected chi connectivity index (χ1v) is 11.2. The normalized spacial score (nSPS) is 17.7. The molecule has 3 heterocycles. The standard InChI is InChI=1S/C25H23ClFN3O3/c26-22-3-1-2-17(25(22)27)13-30-7-6-16(10-24(30)32)20-4-5-23-21(20)11-18(12-28-23)29-8-9-33-19(14-29)15-31/h1-4,6-7,10-12,19,31H,5,8-9,13-15H2. The summed E-state index contributed by atoms with van der Waals surface area (Å²) in [5, 5.41) is 9.48. The number of morpholine rings is 1. The molecule has 0 saturated carbocycles. The second kappa shape index (κ2) is 9.09. The maximum absolute atomic E-state index is 14.3. The molecule has 1 unspecified atom stereocenters. The number of hydrogen-bond acceptors (Lipinski definition) is 5. The van der Waals surface area contributed by atoms with E-state index in [-0.39, 0.29) is 29.8 Å². The molecular weight excluding hydrogens is 445 g/mol. The topological polar surface area (TPSA) is 67.6 Å². The van der Waals surface area contributed by atoms with E-state index in [0.717, 1.165) is 34.6 Å². The fraction of sp³-hybridized carbons (Fsp3) is 0.280. The summed E-state index contributed by atoms with van der Waals surface area (Å²) >= 11 is 5.87. The summed E-state index contributed by atoms with van der Waals surface area (Å²) in [4.78, 5) is 19.6. The van der Waals surface area contributed by atoms with Crippen LogP contribution >= 0.6 is 11.6 Å². The van der Waals surface area contributed by atoms with E-state index < -0.39 is 5.82 Å². The van der Waals surface area contributed by atoms with Gasteiger partial charge in [0.15, 0.2) is 0 Å². The number of fused-ring (bicyclic) bond motifs is 1. The van der Waals surface area contributed by atoms with E-state index in [4.69, 9.17) is 16.3 Å². The number of ether oxygens (including phenoxy) is 1. The van der Waals surface area contributed by atoms with Gasteiger partial charge in [0, 0.05) is 42.9 Å². The van der Waals surface area contributed by atoms with Gasteiger partial charge in [0.25, 0.3) is 5.56 Å². The number of benzene rings is 1. The molecule has 0 bridgehead atoms. The van der Waals surface area contributed by atoms with Crippen LogP contribution in [0.4, 0.5) is 10.1 Å². The van der Waals surface area contributed by atoms with Crippen LogP contribution in [0.25, 0.3) is 5.57 Å². The number of halogens is 2. The van der Waals surface area contributed by atoms with E-state index in [0.29, 0.717) is 25.1 Å². The zero-order chi connectivity index (χ0) is 22.9. The van der Waals surface area contributed by atoms with Gasteiger partial charge in [0.05, 0.1) is 48.5 Å². The van der Waals surface area contributed by atoms with Crippen LogP contribution < -0.4 is 10.5 Å². The fourth-order valence-electron chi connectivity index (χ4n) is 4.36. The molecule has 2 aliphatic rings. The molecule has 0 radical (unpaired) electrons. The third-order valence-corrected chi connectivity index (χ3v) is 6.42. The maximum Gasteiger partial charge on any atom is 0.251 e. The van der Waals surface area contributed by atoms with Gasteiger partial charge in [-0.1, -0.05) is 29.8 Å². The number of pyridine rings is 2. The van der Waals surface area contributed by atoms with Crippen molar-refractivity contribution in [1.82, 2.24) is 9.55 Å². The van der Waals surface area contributed by atoms with Crippen molar-refractivity contribution in [2.45, 2.75) is 19.1 Å². The molecule has 1 N–H and O–H groups in total. The number of aliphatic hydroxyl groups is 1. The van der Waals surface area contributed by atoms with Gasteiger partial charge < -0.3 is 19.3 Å². The Kier molecular flexibility index (Phi) is 6.01. The summed E-state index contributed by atoms with van der Waals surface area (Å²) in [5.41, 5.74) is 4.84. The molecule has 6 nitrogen and oxygen atoms in total. The summed E-state index contributed by atoms with van der Waals surface area (Å²) in [7, 11) is 0. The van der Waals surface area contributed by atoms with Crippen LogP contribution in [-0.4, -0.2) is 47.1 Å². The summed E-state index contributed by atoms with van der Waals surface area (Å²) in [6, 6.07) is 10.3. The van der Waals surface area contributed by atoms with E-state index in [1.165, 1.54) is 10.6 Å². The zero-order valence-electron chi connectivity index (χ0n) is 17.9. The molecule has 170 valence electrons. The molecule has 1 fully saturated rings. The van der Waals surface area contributed by atoms with Gasteiger partial charge in [-0.25, -0.2) is 4.39 Å². The Balaban J connectivity index is 1.41. The van der Waals surface area contributed by atoms with Crippen molar-refractivity contribution in [2.24, 2.45) is 0 Å². The SMILES string of the molecule is O=c1cc(C2=CCc3ncc(N4CCOC(CO)C4)cc32)ccn1Cc1cccc(Cl)c1F. The first-order valence-electron chi connectivity index (χ1n) is 10.8. The highest BCUT2D eigenvalue weighted by Crippen LogP contribution is 2.34. The smallest absolute Gasteiger partial charge is 0.251 e. The van der Waals surface area contributed by atoms with Gasteiger partial charge in [-0.05, 0) is 29.3 Å². The number of aromatic nitrogens is 2. The van der Waals surface area contributed by atoms with Crippen LogP contribution in [0.2, 0.25) is 5.02 Å². The van der Waals surface area contributed by atoms with Gasteiger partial charge >= 0.3 is 0 Å². The molecular formula is C25H23ClFN3O3. The second-order valence-corrected chi connectivity index (χ2v) is 8.63. The van der Waals surface area contributed by atoms with Crippen molar-refractivity contribution in [3.8, 4) is 0 Å². The van der Waals surface area contributed by atoms with E-state index >= 15 is 0 Å². The maximum atomic E-state index is 14.3. The van der Waals surface area contributed by atoms with Gasteiger partial charge in [-0.3, -0.25) is 9.78 Å². The summed E-state index contributed by atoms with van der Waals surface area (Å²) in [5.74, 6) is -0.507. The Morgan fingerprint density at radius 2 is 2.15 bits per heavy atom. The predicted octanol–water partition coefficient (Wildman–Crippen LogP) is 3.27. The number of nitrogens with zero attached hydrogens (tertiary/aromatic N) is 3. The molecule has 1 atom stereocenters. The molecule has 0 amide bonds. The largest absolute Gasteiger partial charge is 0.394 e. The molecule has 1 aliphatic carbocycles. The molecule has 2 aromatic heterocycles. The van der Waals surface area contributed by atoms with Crippen molar-refractivity contribution in [3.05, 3.63) is 98.4 Å². The molecule has 0 spiro atoms. The Bertz CT molecular complexity index is 1290. The Morgan fingerprint density at radius 3 is 2.97 bits per heavy atom. The Labute approximate surface area is 195 Å². The first-order chi connectivity index (χ1) is 16.0. The lowest BCUT2D eigenvalue weighted by molar-refractivity contribution is 0.00355. The average molecular weight is 468 g/mol. The van der Waals surface area contributed by atoms with Gasteiger partial charge in [0.2, 0.25) is 0 Å². The van der Waals surface area contributed by atoms with Gasteiger partial charge in [-0.2, -0.15) is 0 Å². The Hall–Kier alpha value is -3.00. The zero-order valence-corrected chi connectivity index (χ0v) is 18.6. The molecule has 8 heteroatoms. The van der Waals surface area contributed by atoms with Crippen LogP contribution in [0.3, 0.4) is 0 Å². The number of rotatable bonds is 5. The van der Waals surface area contributed by atoms with Crippen LogP contribution in [0.1, 0.15) is 22.4 Å². The highest BCUT2D eigenvalue weighted by Gasteiger charge is 2.23.